The van der Waals surface area contributed by atoms with Gasteiger partial charge in [0.05, 0.1) is 6.61 Å². The molecule has 24 heavy (non-hydrogen) atoms. The van der Waals surface area contributed by atoms with Crippen molar-refractivity contribution in [3.8, 4) is 5.75 Å². The van der Waals surface area contributed by atoms with Gasteiger partial charge in [-0.3, -0.25) is 9.59 Å². The second-order valence-electron chi connectivity index (χ2n) is 5.74. The van der Waals surface area contributed by atoms with Crippen molar-refractivity contribution in [2.24, 2.45) is 0 Å². The predicted octanol–water partition coefficient (Wildman–Crippen LogP) is 2.83. The molecule has 1 aromatic carbocycles. The van der Waals surface area contributed by atoms with Gasteiger partial charge in [-0.1, -0.05) is 25.5 Å². The quantitative estimate of drug-likeness (QED) is 0.732. The third-order valence-corrected chi connectivity index (χ3v) is 3.69. The minimum atomic E-state index is -0.360. The normalized spacial score (nSPS) is 10.4. The summed E-state index contributed by atoms with van der Waals surface area (Å²) in [6, 6.07) is 11.1. The van der Waals surface area contributed by atoms with Crippen LogP contribution in [0.5, 0.6) is 5.75 Å². The number of amides is 1. The Kier molecular flexibility index (Phi) is 6.61. The van der Waals surface area contributed by atoms with Gasteiger partial charge in [0.25, 0.3) is 11.5 Å². The maximum Gasteiger partial charge on any atom is 0.260 e. The number of nitrogens with one attached hydrogen (secondary N) is 2. The summed E-state index contributed by atoms with van der Waals surface area (Å²) < 4.78 is 5.62. The van der Waals surface area contributed by atoms with E-state index < -0.39 is 0 Å². The number of hydrogen-bond acceptors (Lipinski definition) is 3. The van der Waals surface area contributed by atoms with E-state index in [-0.39, 0.29) is 17.0 Å². The molecule has 128 valence electrons. The number of carbonyl (C=O) groups is 1. The lowest BCUT2D eigenvalue weighted by Crippen LogP contribution is -2.31. The van der Waals surface area contributed by atoms with Crippen LogP contribution >= 0.6 is 0 Å². The average molecular weight is 328 g/mol. The second kappa shape index (κ2) is 8.91. The Bertz CT molecular complexity index is 720. The van der Waals surface area contributed by atoms with Gasteiger partial charge in [0, 0.05) is 12.2 Å². The first kappa shape index (κ1) is 17.8. The molecule has 0 fully saturated rings. The van der Waals surface area contributed by atoms with E-state index in [4.69, 9.17) is 4.74 Å². The third-order valence-electron chi connectivity index (χ3n) is 3.69. The van der Waals surface area contributed by atoms with Crippen molar-refractivity contribution in [3.63, 3.8) is 0 Å². The molecule has 1 aromatic heterocycles. The number of hydrogen-bond donors (Lipinski definition) is 2. The number of aromatic amines is 1. The Morgan fingerprint density at radius 1 is 1.17 bits per heavy atom. The van der Waals surface area contributed by atoms with Crippen LogP contribution < -0.4 is 15.6 Å². The molecule has 5 nitrogen and oxygen atoms in total. The molecule has 0 radical (unpaired) electrons. The topological polar surface area (TPSA) is 71.2 Å². The Hall–Kier alpha value is -2.56. The number of carbonyl (C=O) groups excluding carboxylic acids is 1. The zero-order valence-corrected chi connectivity index (χ0v) is 14.2. The molecule has 1 amide bonds. The lowest BCUT2D eigenvalue weighted by molar-refractivity contribution is 0.0952. The van der Waals surface area contributed by atoms with E-state index in [1.54, 1.807) is 19.1 Å². The van der Waals surface area contributed by atoms with Crippen LogP contribution in [-0.2, 0) is 6.42 Å². The molecule has 0 unspecified atom stereocenters. The predicted molar refractivity (Wildman–Crippen MR) is 94.7 cm³/mol. The molecule has 2 rings (SSSR count). The molecule has 0 atom stereocenters. The van der Waals surface area contributed by atoms with E-state index >= 15 is 0 Å². The number of ether oxygens (including phenoxy) is 1. The molecular formula is C19H24N2O3. The van der Waals surface area contributed by atoms with Crippen molar-refractivity contribution in [2.75, 3.05) is 13.2 Å². The van der Waals surface area contributed by atoms with E-state index in [2.05, 4.69) is 17.2 Å². The highest BCUT2D eigenvalue weighted by Gasteiger charge is 2.09. The van der Waals surface area contributed by atoms with Crippen molar-refractivity contribution in [1.29, 1.82) is 0 Å². The van der Waals surface area contributed by atoms with Gasteiger partial charge in [0.1, 0.15) is 11.3 Å². The van der Waals surface area contributed by atoms with Crippen LogP contribution in [0.3, 0.4) is 0 Å². The molecule has 0 saturated heterocycles. The summed E-state index contributed by atoms with van der Waals surface area (Å²) in [7, 11) is 0. The maximum absolute atomic E-state index is 12.0. The molecule has 0 spiro atoms. The van der Waals surface area contributed by atoms with Crippen molar-refractivity contribution < 1.29 is 9.53 Å². The molecule has 0 saturated carbocycles. The van der Waals surface area contributed by atoms with Gasteiger partial charge in [0.15, 0.2) is 0 Å². The molecule has 0 aliphatic rings. The summed E-state index contributed by atoms with van der Waals surface area (Å²) in [4.78, 5) is 26.4. The number of unbranched alkanes of at least 4 members (excludes halogenated alkanes) is 1. The Balaban J connectivity index is 1.81. The Morgan fingerprint density at radius 2 is 1.92 bits per heavy atom. The van der Waals surface area contributed by atoms with Gasteiger partial charge >= 0.3 is 0 Å². The van der Waals surface area contributed by atoms with Crippen LogP contribution in [-0.4, -0.2) is 24.0 Å². The molecule has 2 aromatic rings. The van der Waals surface area contributed by atoms with Crippen LogP contribution in [0.2, 0.25) is 0 Å². The minimum absolute atomic E-state index is 0.139. The number of benzene rings is 1. The summed E-state index contributed by atoms with van der Waals surface area (Å²) in [6.07, 6.45) is 2.86. The van der Waals surface area contributed by atoms with E-state index in [0.29, 0.717) is 13.0 Å². The molecular weight excluding hydrogens is 304 g/mol. The molecule has 0 aliphatic heterocycles. The number of aromatic nitrogens is 1. The first-order chi connectivity index (χ1) is 11.6. The fraction of sp³-hybridized carbons (Fsp3) is 0.368. The standard InChI is InChI=1S/C19H24N2O3/c1-3-4-13-24-16-8-6-15(7-9-16)11-12-20-18(22)17-10-5-14(2)21-19(17)23/h5-10H,3-4,11-13H2,1-2H3,(H,20,22)(H,21,23). The van der Waals surface area contributed by atoms with Crippen molar-refractivity contribution in [3.05, 3.63) is 63.6 Å². The average Bonchev–Trinajstić information content (AvgIpc) is 2.56. The van der Waals surface area contributed by atoms with Crippen LogP contribution in [0.4, 0.5) is 0 Å². The number of pyridine rings is 1. The van der Waals surface area contributed by atoms with Crippen molar-refractivity contribution >= 4 is 5.91 Å². The fourth-order valence-corrected chi connectivity index (χ4v) is 2.25. The lowest BCUT2D eigenvalue weighted by atomic mass is 10.1. The van der Waals surface area contributed by atoms with Crippen molar-refractivity contribution in [1.82, 2.24) is 10.3 Å². The van der Waals surface area contributed by atoms with E-state index in [1.807, 2.05) is 24.3 Å². The van der Waals surface area contributed by atoms with E-state index in [0.717, 1.165) is 36.5 Å². The Labute approximate surface area is 142 Å². The van der Waals surface area contributed by atoms with Crippen LogP contribution in [0.15, 0.2) is 41.2 Å². The smallest absolute Gasteiger partial charge is 0.260 e. The summed E-state index contributed by atoms with van der Waals surface area (Å²) in [5.41, 5.74) is 1.62. The first-order valence-corrected chi connectivity index (χ1v) is 8.30. The van der Waals surface area contributed by atoms with Gasteiger partial charge < -0.3 is 15.0 Å². The highest BCUT2D eigenvalue weighted by Crippen LogP contribution is 2.13. The minimum Gasteiger partial charge on any atom is -0.494 e. The molecule has 1 heterocycles. The zero-order chi connectivity index (χ0) is 17.4. The second-order valence-corrected chi connectivity index (χ2v) is 5.74. The highest BCUT2D eigenvalue weighted by atomic mass is 16.5. The largest absolute Gasteiger partial charge is 0.494 e. The van der Waals surface area contributed by atoms with Gasteiger partial charge in [-0.2, -0.15) is 0 Å². The molecule has 0 bridgehead atoms. The van der Waals surface area contributed by atoms with Crippen LogP contribution in [0, 0.1) is 6.92 Å². The first-order valence-electron chi connectivity index (χ1n) is 8.30. The van der Waals surface area contributed by atoms with Gasteiger partial charge in [-0.15, -0.1) is 0 Å². The van der Waals surface area contributed by atoms with Gasteiger partial charge in [-0.25, -0.2) is 0 Å². The molecule has 5 heteroatoms. The maximum atomic E-state index is 12.0. The Morgan fingerprint density at radius 3 is 2.58 bits per heavy atom. The lowest BCUT2D eigenvalue weighted by Gasteiger charge is -2.08. The SMILES string of the molecule is CCCCOc1ccc(CCNC(=O)c2ccc(C)[nH]c2=O)cc1. The summed E-state index contributed by atoms with van der Waals surface area (Å²) >= 11 is 0. The van der Waals surface area contributed by atoms with Gasteiger partial charge in [0.2, 0.25) is 0 Å². The highest BCUT2D eigenvalue weighted by molar-refractivity contribution is 5.93. The number of rotatable bonds is 8. The van der Waals surface area contributed by atoms with Crippen LogP contribution in [0.25, 0.3) is 0 Å². The van der Waals surface area contributed by atoms with E-state index in [1.165, 1.54) is 0 Å². The van der Waals surface area contributed by atoms with E-state index in [9.17, 15) is 9.59 Å². The molecule has 0 aliphatic carbocycles. The third kappa shape index (κ3) is 5.26. The summed E-state index contributed by atoms with van der Waals surface area (Å²) in [6.45, 7) is 5.11. The number of H-pyrrole nitrogens is 1. The summed E-state index contributed by atoms with van der Waals surface area (Å²) in [5, 5.41) is 2.77. The van der Waals surface area contributed by atoms with Crippen molar-refractivity contribution in [2.45, 2.75) is 33.1 Å². The molecule has 2 N–H and O–H groups in total. The summed E-state index contributed by atoms with van der Waals surface area (Å²) in [5.74, 6) is 0.512. The fourth-order valence-electron chi connectivity index (χ4n) is 2.25. The zero-order valence-electron chi connectivity index (χ0n) is 14.2. The number of aryl methyl sites for hydroxylation is 1. The van der Waals surface area contributed by atoms with Gasteiger partial charge in [-0.05, 0) is 49.6 Å². The van der Waals surface area contributed by atoms with Crippen LogP contribution in [0.1, 0.15) is 41.4 Å². The monoisotopic (exact) mass is 328 g/mol.